The normalized spacial score (nSPS) is 10.3. The summed E-state index contributed by atoms with van der Waals surface area (Å²) < 4.78 is 0. The second kappa shape index (κ2) is 8.46. The molecule has 0 atom stereocenters. The number of nitrogens with zero attached hydrogens (tertiary/aromatic N) is 1. The fraction of sp³-hybridized carbons (Fsp3) is 0.562. The zero-order chi connectivity index (χ0) is 15.0. The number of carbonyl (C=O) groups excluding carboxylic acids is 1. The molecular weight excluding hydrogens is 250 g/mol. The van der Waals surface area contributed by atoms with Gasteiger partial charge >= 0.3 is 0 Å². The number of nitrogen functional groups attached to an aromatic ring is 1. The maximum atomic E-state index is 11.8. The standard InChI is InChI=1S/C16H27N3O/c1-4-6-10-19(11-7-5-2)15-12-13(16(20)18-3)8-9-14(15)17/h8-9,12H,4-7,10-11,17H2,1-3H3,(H,18,20). The summed E-state index contributed by atoms with van der Waals surface area (Å²) in [6.45, 7) is 6.33. The highest BCUT2D eigenvalue weighted by Crippen LogP contribution is 2.25. The molecule has 20 heavy (non-hydrogen) atoms. The Labute approximate surface area is 122 Å². The van der Waals surface area contributed by atoms with E-state index in [1.54, 1.807) is 13.1 Å². The average Bonchev–Trinajstić information content (AvgIpc) is 2.47. The Bertz CT molecular complexity index is 424. The summed E-state index contributed by atoms with van der Waals surface area (Å²) in [5, 5.41) is 2.65. The van der Waals surface area contributed by atoms with Crippen molar-refractivity contribution in [3.8, 4) is 0 Å². The van der Waals surface area contributed by atoms with E-state index in [9.17, 15) is 4.79 Å². The molecule has 0 bridgehead atoms. The Balaban J connectivity index is 3.00. The number of anilines is 2. The van der Waals surface area contributed by atoms with Crippen molar-refractivity contribution < 1.29 is 4.79 Å². The van der Waals surface area contributed by atoms with Crippen molar-refractivity contribution in [1.29, 1.82) is 0 Å². The number of hydrogen-bond acceptors (Lipinski definition) is 3. The summed E-state index contributed by atoms with van der Waals surface area (Å²) in [5.74, 6) is -0.0721. The van der Waals surface area contributed by atoms with Gasteiger partial charge in [-0.3, -0.25) is 4.79 Å². The van der Waals surface area contributed by atoms with Crippen LogP contribution in [0, 0.1) is 0 Å². The van der Waals surface area contributed by atoms with Crippen LogP contribution in [-0.2, 0) is 0 Å². The lowest BCUT2D eigenvalue weighted by Crippen LogP contribution is -2.27. The minimum atomic E-state index is -0.0721. The molecule has 112 valence electrons. The Morgan fingerprint density at radius 2 is 1.80 bits per heavy atom. The van der Waals surface area contributed by atoms with E-state index in [-0.39, 0.29) is 5.91 Å². The highest BCUT2D eigenvalue weighted by molar-refractivity contribution is 5.96. The van der Waals surface area contributed by atoms with E-state index in [4.69, 9.17) is 5.73 Å². The zero-order valence-corrected chi connectivity index (χ0v) is 12.9. The molecule has 4 heteroatoms. The van der Waals surface area contributed by atoms with Crippen LogP contribution in [0.2, 0.25) is 0 Å². The van der Waals surface area contributed by atoms with Crippen LogP contribution in [-0.4, -0.2) is 26.0 Å². The summed E-state index contributed by atoms with van der Waals surface area (Å²) in [6.07, 6.45) is 4.57. The largest absolute Gasteiger partial charge is 0.397 e. The molecule has 3 N–H and O–H groups in total. The summed E-state index contributed by atoms with van der Waals surface area (Å²) in [7, 11) is 1.64. The van der Waals surface area contributed by atoms with Crippen LogP contribution in [0.4, 0.5) is 11.4 Å². The first-order valence-electron chi connectivity index (χ1n) is 7.50. The first-order valence-corrected chi connectivity index (χ1v) is 7.50. The van der Waals surface area contributed by atoms with E-state index in [2.05, 4.69) is 24.1 Å². The summed E-state index contributed by atoms with van der Waals surface area (Å²) >= 11 is 0. The van der Waals surface area contributed by atoms with E-state index in [0.29, 0.717) is 5.56 Å². The van der Waals surface area contributed by atoms with Gasteiger partial charge < -0.3 is 16.0 Å². The second-order valence-electron chi connectivity index (χ2n) is 5.05. The molecule has 1 amide bonds. The molecule has 4 nitrogen and oxygen atoms in total. The van der Waals surface area contributed by atoms with Gasteiger partial charge in [0, 0.05) is 25.7 Å². The lowest BCUT2D eigenvalue weighted by Gasteiger charge is -2.26. The first kappa shape index (κ1) is 16.3. The molecule has 0 fully saturated rings. The van der Waals surface area contributed by atoms with Gasteiger partial charge in [0.15, 0.2) is 0 Å². The molecule has 0 unspecified atom stereocenters. The fourth-order valence-electron chi connectivity index (χ4n) is 2.15. The molecule has 0 aliphatic heterocycles. The number of unbranched alkanes of at least 4 members (excludes halogenated alkanes) is 2. The molecule has 0 aromatic heterocycles. The van der Waals surface area contributed by atoms with Crippen LogP contribution < -0.4 is 16.0 Å². The SMILES string of the molecule is CCCCN(CCCC)c1cc(C(=O)NC)ccc1N. The van der Waals surface area contributed by atoms with Gasteiger partial charge in [-0.15, -0.1) is 0 Å². The number of amides is 1. The van der Waals surface area contributed by atoms with Crippen LogP contribution in [0.5, 0.6) is 0 Å². The molecule has 0 heterocycles. The number of nitrogens with two attached hydrogens (primary N) is 1. The van der Waals surface area contributed by atoms with Gasteiger partial charge in [0.25, 0.3) is 5.91 Å². The molecule has 0 saturated carbocycles. The van der Waals surface area contributed by atoms with Gasteiger partial charge in [0.1, 0.15) is 0 Å². The molecule has 1 aromatic rings. The van der Waals surface area contributed by atoms with Crippen LogP contribution in [0.3, 0.4) is 0 Å². The van der Waals surface area contributed by atoms with Crippen LogP contribution >= 0.6 is 0 Å². The molecule has 1 aromatic carbocycles. The third-order valence-electron chi connectivity index (χ3n) is 3.42. The van der Waals surface area contributed by atoms with Crippen molar-refractivity contribution in [2.75, 3.05) is 30.8 Å². The Kier molecular flexibility index (Phi) is 6.91. The molecule has 0 radical (unpaired) electrons. The van der Waals surface area contributed by atoms with Gasteiger partial charge in [-0.1, -0.05) is 26.7 Å². The van der Waals surface area contributed by atoms with Gasteiger partial charge in [-0.2, -0.15) is 0 Å². The molecule has 0 saturated heterocycles. The molecule has 0 aliphatic rings. The van der Waals surface area contributed by atoms with Crippen molar-refractivity contribution >= 4 is 17.3 Å². The van der Waals surface area contributed by atoms with Crippen LogP contribution in [0.15, 0.2) is 18.2 Å². The summed E-state index contributed by atoms with van der Waals surface area (Å²) in [5.41, 5.74) is 8.48. The third kappa shape index (κ3) is 4.44. The van der Waals surface area contributed by atoms with Gasteiger partial charge in [-0.05, 0) is 31.0 Å². The number of benzene rings is 1. The van der Waals surface area contributed by atoms with Crippen molar-refractivity contribution in [3.63, 3.8) is 0 Å². The van der Waals surface area contributed by atoms with E-state index < -0.39 is 0 Å². The van der Waals surface area contributed by atoms with Crippen molar-refractivity contribution in [2.45, 2.75) is 39.5 Å². The Hall–Kier alpha value is -1.71. The molecule has 0 spiro atoms. The minimum absolute atomic E-state index is 0.0721. The van der Waals surface area contributed by atoms with E-state index in [1.807, 2.05) is 12.1 Å². The maximum Gasteiger partial charge on any atom is 0.251 e. The maximum absolute atomic E-state index is 11.8. The highest BCUT2D eigenvalue weighted by atomic mass is 16.1. The van der Waals surface area contributed by atoms with E-state index in [0.717, 1.165) is 50.1 Å². The van der Waals surface area contributed by atoms with Gasteiger partial charge in [-0.25, -0.2) is 0 Å². The summed E-state index contributed by atoms with van der Waals surface area (Å²) in [6, 6.07) is 5.50. The predicted octanol–water partition coefficient (Wildman–Crippen LogP) is 3.04. The Morgan fingerprint density at radius 3 is 2.30 bits per heavy atom. The quantitative estimate of drug-likeness (QED) is 0.718. The van der Waals surface area contributed by atoms with Gasteiger partial charge in [0.2, 0.25) is 0 Å². The minimum Gasteiger partial charge on any atom is -0.397 e. The average molecular weight is 277 g/mol. The van der Waals surface area contributed by atoms with Crippen molar-refractivity contribution in [1.82, 2.24) is 5.32 Å². The molecular formula is C16H27N3O. The molecule has 0 aliphatic carbocycles. The second-order valence-corrected chi connectivity index (χ2v) is 5.05. The monoisotopic (exact) mass is 277 g/mol. The zero-order valence-electron chi connectivity index (χ0n) is 12.9. The third-order valence-corrected chi connectivity index (χ3v) is 3.42. The van der Waals surface area contributed by atoms with E-state index in [1.165, 1.54) is 0 Å². The smallest absolute Gasteiger partial charge is 0.251 e. The predicted molar refractivity (Wildman–Crippen MR) is 86.3 cm³/mol. The van der Waals surface area contributed by atoms with Crippen molar-refractivity contribution in [2.24, 2.45) is 0 Å². The van der Waals surface area contributed by atoms with Crippen molar-refractivity contribution in [3.05, 3.63) is 23.8 Å². The topological polar surface area (TPSA) is 58.4 Å². The number of rotatable bonds is 8. The van der Waals surface area contributed by atoms with Gasteiger partial charge in [0.05, 0.1) is 11.4 Å². The van der Waals surface area contributed by atoms with Crippen LogP contribution in [0.25, 0.3) is 0 Å². The lowest BCUT2D eigenvalue weighted by molar-refractivity contribution is 0.0963. The summed E-state index contributed by atoms with van der Waals surface area (Å²) in [4.78, 5) is 14.1. The molecule has 1 rings (SSSR count). The Morgan fingerprint density at radius 1 is 1.20 bits per heavy atom. The number of hydrogen-bond donors (Lipinski definition) is 2. The van der Waals surface area contributed by atoms with Crippen LogP contribution in [0.1, 0.15) is 49.9 Å². The highest BCUT2D eigenvalue weighted by Gasteiger charge is 2.12. The lowest BCUT2D eigenvalue weighted by atomic mass is 10.1. The fourth-order valence-corrected chi connectivity index (χ4v) is 2.15. The number of carbonyl (C=O) groups is 1. The first-order chi connectivity index (χ1) is 9.63. The number of nitrogens with one attached hydrogen (secondary N) is 1. The van der Waals surface area contributed by atoms with E-state index >= 15 is 0 Å².